The number of fused-ring (bicyclic) bond motifs is 6. The molecule has 0 aliphatic heterocycles. The van der Waals surface area contributed by atoms with Crippen LogP contribution in [0.3, 0.4) is 0 Å². The van der Waals surface area contributed by atoms with E-state index in [9.17, 15) is 0 Å². The average Bonchev–Trinajstić information content (AvgIpc) is 3.73. The van der Waals surface area contributed by atoms with Crippen LogP contribution in [0.15, 0.2) is 152 Å². The lowest BCUT2D eigenvalue weighted by Crippen LogP contribution is -2.16. The van der Waals surface area contributed by atoms with Crippen LogP contribution in [0.2, 0.25) is 0 Å². The fourth-order valence-electron chi connectivity index (χ4n) is 7.81. The topological polar surface area (TPSA) is 61.4 Å². The molecule has 0 radical (unpaired) electrons. The molecule has 0 saturated heterocycles. The number of hydrogen-bond donors (Lipinski definition) is 0. The zero-order valence-corrected chi connectivity index (χ0v) is 29.0. The van der Waals surface area contributed by atoms with Gasteiger partial charge in [-0.05, 0) is 66.2 Å². The van der Waals surface area contributed by atoms with Crippen molar-refractivity contribution in [3.63, 3.8) is 0 Å². The molecule has 4 heterocycles. The Morgan fingerprint density at radius 3 is 1.29 bits per heavy atom. The number of aromatic nitrogens is 6. The van der Waals surface area contributed by atoms with Gasteiger partial charge in [-0.1, -0.05) is 66.7 Å². The van der Waals surface area contributed by atoms with Crippen LogP contribution in [-0.2, 0) is 6.18 Å². The smallest absolute Gasteiger partial charge is 0.309 e. The minimum absolute atomic E-state index is 0.0828. The molecule has 0 unspecified atom stereocenters. The minimum Gasteiger partial charge on any atom is -0.309 e. The highest BCUT2D eigenvalue weighted by molar-refractivity contribution is 6.12. The van der Waals surface area contributed by atoms with E-state index in [1.807, 2.05) is 48.5 Å². The predicted molar refractivity (Wildman–Crippen MR) is 208 cm³/mol. The average molecular weight is 745 g/mol. The molecule has 6 aromatic carbocycles. The molecule has 56 heavy (non-hydrogen) atoms. The lowest BCUT2D eigenvalue weighted by molar-refractivity contribution is -0.137. The monoisotopic (exact) mass is 744 g/mol. The maximum absolute atomic E-state index is 16.3. The van der Waals surface area contributed by atoms with Gasteiger partial charge in [-0.3, -0.25) is 0 Å². The quantitative estimate of drug-likeness (QED) is 0.165. The first-order valence-corrected chi connectivity index (χ1v) is 17.6. The standard InChI is InChI=1S/C45H25F5N6/c46-33-10-5-11-34(47)41(33)28-24-39(55-35-12-3-1-8-29(35)31-16-14-26(22-37(31)55)43-51-18-6-19-52-43)42(45(48,49)50)40(25-28)56-36-13-4-2-9-30(36)32-17-15-27(23-38(32)56)44-53-20-7-21-54-44/h1-25H. The number of benzene rings is 6. The number of alkyl halides is 3. The Balaban J connectivity index is 1.40. The molecule has 0 aliphatic carbocycles. The molecule has 4 aromatic heterocycles. The minimum atomic E-state index is -4.98. The summed E-state index contributed by atoms with van der Waals surface area (Å²) in [5.74, 6) is -1.07. The van der Waals surface area contributed by atoms with E-state index in [4.69, 9.17) is 0 Å². The van der Waals surface area contributed by atoms with E-state index < -0.39 is 28.9 Å². The summed E-state index contributed by atoms with van der Waals surface area (Å²) in [6.45, 7) is 0. The highest BCUT2D eigenvalue weighted by Gasteiger charge is 2.40. The third-order valence-corrected chi connectivity index (χ3v) is 10.1. The molecule has 10 rings (SSSR count). The first kappa shape index (κ1) is 33.3. The predicted octanol–water partition coefficient (Wildman–Crippen LogP) is 11.8. The van der Waals surface area contributed by atoms with Crippen LogP contribution in [0, 0.1) is 11.6 Å². The third-order valence-electron chi connectivity index (χ3n) is 10.1. The molecule has 11 heteroatoms. The zero-order chi connectivity index (χ0) is 38.1. The molecule has 0 saturated carbocycles. The summed E-state index contributed by atoms with van der Waals surface area (Å²) >= 11 is 0. The van der Waals surface area contributed by atoms with Gasteiger partial charge in [-0.2, -0.15) is 13.2 Å². The SMILES string of the molecule is Fc1cccc(F)c1-c1cc(-n2c3ccccc3c3ccc(-c4ncccn4)cc32)c(C(F)(F)F)c(-n2c3ccccc3c3ccc(-c4ncccn4)cc32)c1. The summed E-state index contributed by atoms with van der Waals surface area (Å²) in [4.78, 5) is 17.5. The molecule has 0 aliphatic rings. The van der Waals surface area contributed by atoms with Crippen molar-refractivity contribution in [2.45, 2.75) is 6.18 Å². The van der Waals surface area contributed by atoms with Gasteiger partial charge in [0, 0.05) is 57.5 Å². The summed E-state index contributed by atoms with van der Waals surface area (Å²) in [6.07, 6.45) is 1.37. The highest BCUT2D eigenvalue weighted by Crippen LogP contribution is 2.47. The summed E-state index contributed by atoms with van der Waals surface area (Å²) in [5, 5.41) is 2.71. The van der Waals surface area contributed by atoms with Crippen LogP contribution in [0.5, 0.6) is 0 Å². The second kappa shape index (κ2) is 12.7. The van der Waals surface area contributed by atoms with Gasteiger partial charge in [-0.25, -0.2) is 28.7 Å². The Kier molecular flexibility index (Phi) is 7.53. The number of rotatable bonds is 5. The van der Waals surface area contributed by atoms with Crippen LogP contribution in [0.1, 0.15) is 5.56 Å². The Morgan fingerprint density at radius 2 is 0.839 bits per heavy atom. The molecule has 0 amide bonds. The molecule has 6 nitrogen and oxygen atoms in total. The van der Waals surface area contributed by atoms with E-state index in [0.29, 0.717) is 66.4 Å². The molecule has 270 valence electrons. The largest absolute Gasteiger partial charge is 0.420 e. The second-order valence-corrected chi connectivity index (χ2v) is 13.3. The van der Waals surface area contributed by atoms with Crippen molar-refractivity contribution < 1.29 is 22.0 Å². The van der Waals surface area contributed by atoms with Crippen molar-refractivity contribution in [1.82, 2.24) is 29.1 Å². The van der Waals surface area contributed by atoms with Gasteiger partial charge in [0.05, 0.1) is 39.0 Å². The Labute approximate surface area is 314 Å². The van der Waals surface area contributed by atoms with E-state index >= 15 is 22.0 Å². The first-order valence-electron chi connectivity index (χ1n) is 17.6. The Bertz CT molecular complexity index is 2960. The van der Waals surface area contributed by atoms with Crippen molar-refractivity contribution in [2.75, 3.05) is 0 Å². The molecule has 0 atom stereocenters. The van der Waals surface area contributed by atoms with Gasteiger partial charge in [0.2, 0.25) is 0 Å². The third kappa shape index (κ3) is 5.23. The highest BCUT2D eigenvalue weighted by atomic mass is 19.4. The second-order valence-electron chi connectivity index (χ2n) is 13.3. The van der Waals surface area contributed by atoms with Crippen LogP contribution in [0.25, 0.3) is 88.9 Å². The molecule has 0 bridgehead atoms. The van der Waals surface area contributed by atoms with Gasteiger partial charge in [0.15, 0.2) is 11.6 Å². The normalized spacial score (nSPS) is 12.0. The van der Waals surface area contributed by atoms with Crippen molar-refractivity contribution in [2.24, 2.45) is 0 Å². The van der Waals surface area contributed by atoms with Gasteiger partial charge in [-0.15, -0.1) is 0 Å². The van der Waals surface area contributed by atoms with Gasteiger partial charge < -0.3 is 9.13 Å². The summed E-state index contributed by atoms with van der Waals surface area (Å²) in [7, 11) is 0. The Morgan fingerprint density at radius 1 is 0.411 bits per heavy atom. The van der Waals surface area contributed by atoms with Gasteiger partial charge in [0.25, 0.3) is 0 Å². The van der Waals surface area contributed by atoms with Gasteiger partial charge in [0.1, 0.15) is 17.2 Å². The van der Waals surface area contributed by atoms with E-state index in [1.54, 1.807) is 73.3 Å². The van der Waals surface area contributed by atoms with Crippen molar-refractivity contribution >= 4 is 43.6 Å². The van der Waals surface area contributed by atoms with E-state index in [-0.39, 0.29) is 16.9 Å². The van der Waals surface area contributed by atoms with Crippen molar-refractivity contribution in [3.05, 3.63) is 169 Å². The first-order chi connectivity index (χ1) is 27.3. The van der Waals surface area contributed by atoms with E-state index in [0.717, 1.165) is 12.1 Å². The lowest BCUT2D eigenvalue weighted by atomic mass is 9.98. The maximum atomic E-state index is 16.3. The molecular formula is C45H25F5N6. The van der Waals surface area contributed by atoms with Crippen molar-refractivity contribution in [3.8, 4) is 45.3 Å². The van der Waals surface area contributed by atoms with Crippen LogP contribution in [-0.4, -0.2) is 29.1 Å². The van der Waals surface area contributed by atoms with Crippen molar-refractivity contribution in [1.29, 1.82) is 0 Å². The fraction of sp³-hybridized carbons (Fsp3) is 0.0222. The van der Waals surface area contributed by atoms with Gasteiger partial charge >= 0.3 is 6.18 Å². The lowest BCUT2D eigenvalue weighted by Gasteiger charge is -2.23. The molecular weight excluding hydrogens is 720 g/mol. The number of para-hydroxylation sites is 2. The van der Waals surface area contributed by atoms with Crippen LogP contribution in [0.4, 0.5) is 22.0 Å². The summed E-state index contributed by atoms with van der Waals surface area (Å²) < 4.78 is 83.4. The van der Waals surface area contributed by atoms with E-state index in [2.05, 4.69) is 19.9 Å². The number of nitrogens with zero attached hydrogens (tertiary/aromatic N) is 6. The summed E-state index contributed by atoms with van der Waals surface area (Å²) in [6, 6.07) is 34.2. The molecule has 10 aromatic rings. The zero-order valence-electron chi connectivity index (χ0n) is 29.0. The fourth-order valence-corrected chi connectivity index (χ4v) is 7.81. The maximum Gasteiger partial charge on any atom is 0.420 e. The Hall–Kier alpha value is -7.27. The number of halogens is 5. The molecule has 0 fully saturated rings. The van der Waals surface area contributed by atoms with Crippen LogP contribution < -0.4 is 0 Å². The number of hydrogen-bond acceptors (Lipinski definition) is 4. The molecule has 0 spiro atoms. The van der Waals surface area contributed by atoms with E-state index in [1.165, 1.54) is 27.3 Å². The van der Waals surface area contributed by atoms with Crippen LogP contribution >= 0.6 is 0 Å². The summed E-state index contributed by atoms with van der Waals surface area (Å²) in [5.41, 5.74) is 0.721. The molecule has 0 N–H and O–H groups in total.